The van der Waals surface area contributed by atoms with Gasteiger partial charge >= 0.3 is 6.09 Å². The number of aliphatic carboxylic acids is 1. The summed E-state index contributed by atoms with van der Waals surface area (Å²) in [6.07, 6.45) is 0.0276. The van der Waals surface area contributed by atoms with Crippen molar-refractivity contribution in [3.05, 3.63) is 65.7 Å². The monoisotopic (exact) mass is 467 g/mol. The Kier molecular flexibility index (Phi) is 9.27. The fraction of sp³-hybridized carbons (Fsp3) is 0.333. The van der Waals surface area contributed by atoms with Crippen LogP contribution in [0.1, 0.15) is 24.0 Å². The van der Waals surface area contributed by atoms with E-state index in [-0.39, 0.29) is 18.9 Å². The number of rotatable bonds is 11. The van der Waals surface area contributed by atoms with E-state index in [0.29, 0.717) is 43.3 Å². The quantitative estimate of drug-likeness (QED) is 0.409. The number of carboxylic acids is 1. The van der Waals surface area contributed by atoms with E-state index in [2.05, 4.69) is 20.9 Å². The Bertz CT molecular complexity index is 994. The Labute approximate surface area is 197 Å². The number of amides is 2. The zero-order valence-electron chi connectivity index (χ0n) is 18.6. The van der Waals surface area contributed by atoms with Crippen molar-refractivity contribution in [1.82, 2.24) is 16.0 Å². The van der Waals surface area contributed by atoms with Crippen LogP contribution in [0.2, 0.25) is 0 Å². The van der Waals surface area contributed by atoms with Crippen molar-refractivity contribution in [2.75, 3.05) is 19.7 Å². The van der Waals surface area contributed by atoms with Crippen molar-refractivity contribution in [1.29, 1.82) is 0 Å². The van der Waals surface area contributed by atoms with Crippen LogP contribution in [0.5, 0.6) is 5.75 Å². The topological polar surface area (TPSA) is 141 Å². The van der Waals surface area contributed by atoms with E-state index in [0.717, 1.165) is 12.1 Å². The highest BCUT2D eigenvalue weighted by molar-refractivity contribution is 5.97. The summed E-state index contributed by atoms with van der Waals surface area (Å²) < 4.78 is 10.7. The first-order valence-electron chi connectivity index (χ1n) is 11.0. The summed E-state index contributed by atoms with van der Waals surface area (Å²) in [6, 6.07) is 14.6. The Balaban J connectivity index is 1.38. The largest absolute Gasteiger partial charge is 0.548 e. The fourth-order valence-electron chi connectivity index (χ4n) is 3.16. The summed E-state index contributed by atoms with van der Waals surface area (Å²) in [5, 5.41) is 19.5. The molecule has 10 nitrogen and oxygen atoms in total. The van der Waals surface area contributed by atoms with Crippen LogP contribution in [0.25, 0.3) is 0 Å². The summed E-state index contributed by atoms with van der Waals surface area (Å²) in [6.45, 7) is 1.77. The van der Waals surface area contributed by atoms with Crippen molar-refractivity contribution in [3.8, 4) is 5.75 Å². The number of nitrogens with zero attached hydrogens (tertiary/aromatic N) is 1. The van der Waals surface area contributed by atoms with E-state index in [4.69, 9.17) is 9.47 Å². The third kappa shape index (κ3) is 8.45. The van der Waals surface area contributed by atoms with Gasteiger partial charge in [0.25, 0.3) is 0 Å². The second kappa shape index (κ2) is 12.8. The van der Waals surface area contributed by atoms with Crippen LogP contribution < -0.4 is 25.8 Å². The van der Waals surface area contributed by atoms with Crippen LogP contribution in [0.15, 0.2) is 59.6 Å². The Morgan fingerprint density at radius 1 is 1.06 bits per heavy atom. The molecule has 3 N–H and O–H groups in total. The van der Waals surface area contributed by atoms with Crippen LogP contribution in [-0.2, 0) is 27.4 Å². The van der Waals surface area contributed by atoms with Gasteiger partial charge in [0, 0.05) is 13.0 Å². The second-order valence-electron chi connectivity index (χ2n) is 7.58. The summed E-state index contributed by atoms with van der Waals surface area (Å²) in [5.41, 5.74) is 1.47. The third-order valence-corrected chi connectivity index (χ3v) is 4.90. The Morgan fingerprint density at radius 3 is 2.50 bits per heavy atom. The maximum Gasteiger partial charge on any atom is 0.408 e. The maximum atomic E-state index is 12.0. The molecule has 1 aliphatic rings. The first-order chi connectivity index (χ1) is 16.5. The van der Waals surface area contributed by atoms with Crippen LogP contribution in [0.4, 0.5) is 4.79 Å². The third-order valence-electron chi connectivity index (χ3n) is 4.90. The zero-order chi connectivity index (χ0) is 24.2. The van der Waals surface area contributed by atoms with Gasteiger partial charge in [-0.1, -0.05) is 42.5 Å². The molecule has 0 saturated carbocycles. The van der Waals surface area contributed by atoms with E-state index < -0.39 is 18.1 Å². The number of alkyl carbamates (subject to hydrolysis) is 1. The van der Waals surface area contributed by atoms with Crippen molar-refractivity contribution >= 4 is 23.9 Å². The number of aliphatic imine (C=N–C) groups is 1. The Hall–Kier alpha value is -4.08. The van der Waals surface area contributed by atoms with Gasteiger partial charge < -0.3 is 30.0 Å². The predicted molar refractivity (Wildman–Crippen MR) is 122 cm³/mol. The minimum absolute atomic E-state index is 0.0289. The molecule has 180 valence electrons. The first-order valence-corrected chi connectivity index (χ1v) is 11.0. The molecule has 1 atom stereocenters. The number of guanidine groups is 1. The summed E-state index contributed by atoms with van der Waals surface area (Å²) in [4.78, 5) is 39.4. The lowest BCUT2D eigenvalue weighted by molar-refractivity contribution is -0.308. The molecule has 0 aromatic heterocycles. The molecule has 1 heterocycles. The van der Waals surface area contributed by atoms with Crippen molar-refractivity contribution in [2.45, 2.75) is 31.9 Å². The minimum Gasteiger partial charge on any atom is -0.548 e. The van der Waals surface area contributed by atoms with E-state index in [1.54, 1.807) is 36.4 Å². The SMILES string of the molecule is O=C(CCCOc1ccc(C[C@H](NC(=O)OCc2ccccc2)C(=O)[O-])cc1)NC1=NCCN1. The maximum absolute atomic E-state index is 12.0. The van der Waals surface area contributed by atoms with Crippen LogP contribution >= 0.6 is 0 Å². The van der Waals surface area contributed by atoms with Crippen molar-refractivity contribution in [2.24, 2.45) is 4.99 Å². The van der Waals surface area contributed by atoms with Gasteiger partial charge in [-0.2, -0.15) is 0 Å². The summed E-state index contributed by atoms with van der Waals surface area (Å²) >= 11 is 0. The van der Waals surface area contributed by atoms with Crippen LogP contribution in [0.3, 0.4) is 0 Å². The predicted octanol–water partition coefficient (Wildman–Crippen LogP) is 0.508. The highest BCUT2D eigenvalue weighted by Crippen LogP contribution is 2.14. The summed E-state index contributed by atoms with van der Waals surface area (Å²) in [5.74, 6) is -0.439. The number of carboxylic acid groups (broad SMARTS) is 1. The van der Waals surface area contributed by atoms with Gasteiger partial charge in [0.2, 0.25) is 5.91 Å². The highest BCUT2D eigenvalue weighted by Gasteiger charge is 2.15. The molecule has 1 aliphatic heterocycles. The van der Waals surface area contributed by atoms with E-state index >= 15 is 0 Å². The smallest absolute Gasteiger partial charge is 0.408 e. The van der Waals surface area contributed by atoms with Crippen molar-refractivity contribution < 1.29 is 29.0 Å². The molecule has 34 heavy (non-hydrogen) atoms. The average Bonchev–Trinajstić information content (AvgIpc) is 3.34. The zero-order valence-corrected chi connectivity index (χ0v) is 18.6. The number of ether oxygens (including phenoxy) is 2. The summed E-state index contributed by atoms with van der Waals surface area (Å²) in [7, 11) is 0. The molecule has 0 saturated heterocycles. The van der Waals surface area contributed by atoms with Gasteiger partial charge in [0.1, 0.15) is 12.4 Å². The van der Waals surface area contributed by atoms with Gasteiger partial charge in [0.15, 0.2) is 5.96 Å². The number of carbonyl (C=O) groups is 3. The lowest BCUT2D eigenvalue weighted by atomic mass is 10.1. The highest BCUT2D eigenvalue weighted by atomic mass is 16.5. The molecule has 2 aromatic rings. The normalized spacial score (nSPS) is 13.2. The number of benzene rings is 2. The molecule has 2 amide bonds. The lowest BCUT2D eigenvalue weighted by Gasteiger charge is -2.19. The average molecular weight is 468 g/mol. The fourth-order valence-corrected chi connectivity index (χ4v) is 3.16. The van der Waals surface area contributed by atoms with Gasteiger partial charge in [-0.3, -0.25) is 15.1 Å². The minimum atomic E-state index is -1.41. The molecule has 0 radical (unpaired) electrons. The molecular formula is C24H27N4O6-. The van der Waals surface area contributed by atoms with E-state index in [1.165, 1.54) is 0 Å². The molecule has 3 rings (SSSR count). The molecule has 0 fully saturated rings. The second-order valence-corrected chi connectivity index (χ2v) is 7.58. The number of nitrogens with one attached hydrogen (secondary N) is 3. The van der Waals surface area contributed by atoms with E-state index in [9.17, 15) is 19.5 Å². The number of carbonyl (C=O) groups excluding carboxylic acids is 3. The Morgan fingerprint density at radius 2 is 1.82 bits per heavy atom. The standard InChI is InChI=1S/C24H28N4O6/c29-21(28-23-25-12-13-26-23)7-4-14-33-19-10-8-17(9-11-19)15-20(22(30)31)27-24(32)34-16-18-5-2-1-3-6-18/h1-3,5-6,8-11,20H,4,7,12-16H2,(H,27,32)(H,30,31)(H2,25,26,28,29)/p-1/t20-/m0/s1. The molecular weight excluding hydrogens is 440 g/mol. The number of hydrogen-bond donors (Lipinski definition) is 3. The van der Waals surface area contributed by atoms with Crippen molar-refractivity contribution in [3.63, 3.8) is 0 Å². The first kappa shape index (κ1) is 24.6. The van der Waals surface area contributed by atoms with Gasteiger partial charge in [0.05, 0.1) is 25.2 Å². The van der Waals surface area contributed by atoms with Crippen LogP contribution in [0, 0.1) is 0 Å². The molecule has 0 aliphatic carbocycles. The van der Waals surface area contributed by atoms with Crippen LogP contribution in [-0.4, -0.2) is 49.7 Å². The molecule has 0 bridgehead atoms. The molecule has 10 heteroatoms. The van der Waals surface area contributed by atoms with E-state index in [1.807, 2.05) is 18.2 Å². The van der Waals surface area contributed by atoms with Gasteiger partial charge in [-0.05, 0) is 36.1 Å². The number of hydrogen-bond acceptors (Lipinski definition) is 8. The van der Waals surface area contributed by atoms with Gasteiger partial charge in [-0.15, -0.1) is 0 Å². The molecule has 0 unspecified atom stereocenters. The molecule has 2 aromatic carbocycles. The lowest BCUT2D eigenvalue weighted by Crippen LogP contribution is -2.49. The molecule has 0 spiro atoms. The van der Waals surface area contributed by atoms with Gasteiger partial charge in [-0.25, -0.2) is 4.79 Å².